The number of nitrogens with zero attached hydrogens (tertiary/aromatic N) is 1. The zero-order valence-electron chi connectivity index (χ0n) is 27.6. The summed E-state index contributed by atoms with van der Waals surface area (Å²) in [4.78, 5) is 3.79. The zero-order chi connectivity index (χ0) is 29.7. The molecular weight excluding hydrogens is 508 g/mol. The van der Waals surface area contributed by atoms with E-state index in [0.717, 1.165) is 13.0 Å². The van der Waals surface area contributed by atoms with E-state index >= 15 is 0 Å². The zero-order valence-corrected chi connectivity index (χ0v) is 27.6. The lowest BCUT2D eigenvalue weighted by Crippen LogP contribution is -2.43. The molecule has 3 aromatic rings. The van der Waals surface area contributed by atoms with E-state index < -0.39 is 0 Å². The monoisotopic (exact) mass is 571 g/mol. The van der Waals surface area contributed by atoms with Gasteiger partial charge >= 0.3 is 0 Å². The number of hydrogen-bond acceptors (Lipinski definition) is 0. The van der Waals surface area contributed by atoms with Gasteiger partial charge in [-0.3, -0.25) is 0 Å². The van der Waals surface area contributed by atoms with Crippen molar-refractivity contribution in [3.8, 4) is 0 Å². The third kappa shape index (κ3) is 11.7. The third-order valence-corrected chi connectivity index (χ3v) is 9.59. The minimum atomic E-state index is 0.00858. The molecule has 1 N–H and O–H groups in total. The summed E-state index contributed by atoms with van der Waals surface area (Å²) in [6.07, 6.45) is 30.1. The molecule has 0 aliphatic carbocycles. The molecular formula is C40H63N2+. The Bertz CT molecular complexity index is 1040. The van der Waals surface area contributed by atoms with Gasteiger partial charge in [-0.15, -0.1) is 0 Å². The van der Waals surface area contributed by atoms with Gasteiger partial charge in [-0.2, -0.15) is 0 Å². The number of imidazole rings is 1. The van der Waals surface area contributed by atoms with Gasteiger partial charge in [-0.25, -0.2) is 9.55 Å². The molecule has 1 heterocycles. The molecule has 0 radical (unpaired) electrons. The van der Waals surface area contributed by atoms with Crippen LogP contribution in [0.1, 0.15) is 159 Å². The maximum Gasteiger partial charge on any atom is 0.258 e. The van der Waals surface area contributed by atoms with Crippen molar-refractivity contribution in [2.45, 2.75) is 161 Å². The highest BCUT2D eigenvalue weighted by Gasteiger charge is 2.41. The second kappa shape index (κ2) is 20.5. The van der Waals surface area contributed by atoms with Crippen LogP contribution in [0.4, 0.5) is 0 Å². The number of hydrogen-bond donors (Lipinski definition) is 1. The highest BCUT2D eigenvalue weighted by atomic mass is 15.1. The maximum atomic E-state index is 3.79. The Hall–Kier alpha value is -2.35. The molecule has 2 unspecified atom stereocenters. The summed E-state index contributed by atoms with van der Waals surface area (Å²) < 4.78 is 2.57. The van der Waals surface area contributed by atoms with Crippen LogP contribution >= 0.6 is 0 Å². The first-order chi connectivity index (χ1) is 20.7. The summed E-state index contributed by atoms with van der Waals surface area (Å²) in [5.41, 5.74) is 2.90. The van der Waals surface area contributed by atoms with E-state index in [1.54, 1.807) is 0 Å². The van der Waals surface area contributed by atoms with Gasteiger partial charge in [0.1, 0.15) is 12.4 Å². The Morgan fingerprint density at radius 3 is 1.69 bits per heavy atom. The molecule has 2 nitrogen and oxygen atoms in total. The van der Waals surface area contributed by atoms with Crippen molar-refractivity contribution < 1.29 is 4.57 Å². The molecule has 2 heteroatoms. The number of aromatic nitrogens is 2. The molecule has 0 saturated carbocycles. The molecule has 3 rings (SSSR count). The van der Waals surface area contributed by atoms with Crippen molar-refractivity contribution in [1.29, 1.82) is 0 Å². The normalized spacial score (nSPS) is 13.7. The highest BCUT2D eigenvalue weighted by Crippen LogP contribution is 2.43. The summed E-state index contributed by atoms with van der Waals surface area (Å²) in [7, 11) is 0. The minimum Gasteiger partial charge on any atom is -0.247 e. The summed E-state index contributed by atoms with van der Waals surface area (Å²) in [5.74, 6) is 1.87. The van der Waals surface area contributed by atoms with E-state index in [2.05, 4.69) is 103 Å². The molecule has 1 aromatic heterocycles. The Balaban J connectivity index is 1.73. The van der Waals surface area contributed by atoms with Crippen LogP contribution in [0.5, 0.6) is 0 Å². The molecule has 2 aromatic carbocycles. The highest BCUT2D eigenvalue weighted by molar-refractivity contribution is 5.32. The Labute approximate surface area is 259 Å². The van der Waals surface area contributed by atoms with E-state index in [0.29, 0.717) is 5.92 Å². The van der Waals surface area contributed by atoms with Crippen LogP contribution in [0.25, 0.3) is 0 Å². The smallest absolute Gasteiger partial charge is 0.247 e. The Kier molecular flexibility index (Phi) is 16.7. The fraction of sp³-hybridized carbons (Fsp3) is 0.625. The van der Waals surface area contributed by atoms with Gasteiger partial charge < -0.3 is 0 Å². The van der Waals surface area contributed by atoms with E-state index in [4.69, 9.17) is 0 Å². The van der Waals surface area contributed by atoms with Gasteiger partial charge in [-0.05, 0) is 36.8 Å². The second-order valence-electron chi connectivity index (χ2n) is 13.1. The Morgan fingerprint density at radius 1 is 0.619 bits per heavy atom. The lowest BCUT2D eigenvalue weighted by Gasteiger charge is -2.37. The molecule has 0 spiro atoms. The van der Waals surface area contributed by atoms with Crippen LogP contribution in [0, 0.1) is 0 Å². The lowest BCUT2D eigenvalue weighted by atomic mass is 9.66. The topological polar surface area (TPSA) is 19.7 Å². The van der Waals surface area contributed by atoms with Crippen molar-refractivity contribution in [3.05, 3.63) is 90.0 Å². The van der Waals surface area contributed by atoms with Gasteiger partial charge in [-0.1, -0.05) is 178 Å². The number of unbranched alkanes of at least 4 members (excludes halogenated alkanes) is 15. The van der Waals surface area contributed by atoms with E-state index in [1.165, 1.54) is 133 Å². The number of benzene rings is 2. The van der Waals surface area contributed by atoms with Gasteiger partial charge in [0.05, 0.1) is 12.5 Å². The average molecular weight is 572 g/mol. The maximum absolute atomic E-state index is 3.79. The van der Waals surface area contributed by atoms with Gasteiger partial charge in [0.15, 0.2) is 0 Å². The SMILES string of the molecule is CCCCCCCCCCCC(c1[nH]cc[n+]1CCCCCCCCCC)C(C)(Cc1ccccc1)c1ccccc1. The largest absolute Gasteiger partial charge is 0.258 e. The molecule has 2 atom stereocenters. The second-order valence-corrected chi connectivity index (χ2v) is 13.1. The van der Waals surface area contributed by atoms with Crippen LogP contribution in [0.2, 0.25) is 0 Å². The van der Waals surface area contributed by atoms with Gasteiger partial charge in [0.25, 0.3) is 5.82 Å². The van der Waals surface area contributed by atoms with Crippen molar-refractivity contribution in [2.24, 2.45) is 0 Å². The van der Waals surface area contributed by atoms with E-state index in [1.807, 2.05) is 0 Å². The molecule has 0 saturated heterocycles. The first-order valence-electron chi connectivity index (χ1n) is 17.8. The fourth-order valence-electron chi connectivity index (χ4n) is 6.97. The summed E-state index contributed by atoms with van der Waals surface area (Å²) in [6.45, 7) is 8.27. The molecule has 232 valence electrons. The average Bonchev–Trinajstić information content (AvgIpc) is 3.48. The predicted molar refractivity (Wildman–Crippen MR) is 182 cm³/mol. The molecule has 0 aliphatic rings. The van der Waals surface area contributed by atoms with Crippen LogP contribution in [0.3, 0.4) is 0 Å². The lowest BCUT2D eigenvalue weighted by molar-refractivity contribution is -0.705. The van der Waals surface area contributed by atoms with Gasteiger partial charge in [0, 0.05) is 5.41 Å². The number of aryl methyl sites for hydroxylation is 1. The molecule has 0 fully saturated rings. The first-order valence-corrected chi connectivity index (χ1v) is 17.8. The number of H-pyrrole nitrogens is 1. The molecule has 0 bridgehead atoms. The van der Waals surface area contributed by atoms with Crippen molar-refractivity contribution in [2.75, 3.05) is 0 Å². The third-order valence-electron chi connectivity index (χ3n) is 9.59. The van der Waals surface area contributed by atoms with Crippen molar-refractivity contribution in [3.63, 3.8) is 0 Å². The number of aromatic amines is 1. The minimum absolute atomic E-state index is 0.00858. The van der Waals surface area contributed by atoms with E-state index in [-0.39, 0.29) is 5.41 Å². The van der Waals surface area contributed by atoms with Crippen molar-refractivity contribution in [1.82, 2.24) is 4.98 Å². The molecule has 42 heavy (non-hydrogen) atoms. The predicted octanol–water partition coefficient (Wildman–Crippen LogP) is 11.6. The van der Waals surface area contributed by atoms with Crippen LogP contribution < -0.4 is 4.57 Å². The Morgan fingerprint density at radius 2 is 1.12 bits per heavy atom. The molecule has 0 aliphatic heterocycles. The van der Waals surface area contributed by atoms with Crippen LogP contribution in [-0.4, -0.2) is 4.98 Å². The first kappa shape index (κ1) is 34.1. The summed E-state index contributed by atoms with van der Waals surface area (Å²) in [5, 5.41) is 0. The number of nitrogens with one attached hydrogen (secondary N) is 1. The van der Waals surface area contributed by atoms with E-state index in [9.17, 15) is 0 Å². The van der Waals surface area contributed by atoms with Crippen LogP contribution in [-0.2, 0) is 18.4 Å². The van der Waals surface area contributed by atoms with Gasteiger partial charge in [0.2, 0.25) is 0 Å². The van der Waals surface area contributed by atoms with Crippen LogP contribution in [0.15, 0.2) is 73.1 Å². The molecule has 0 amide bonds. The van der Waals surface area contributed by atoms with Crippen molar-refractivity contribution >= 4 is 0 Å². The number of rotatable bonds is 24. The summed E-state index contributed by atoms with van der Waals surface area (Å²) in [6, 6.07) is 22.6. The fourth-order valence-corrected chi connectivity index (χ4v) is 6.97. The quantitative estimate of drug-likeness (QED) is 0.0815. The summed E-state index contributed by atoms with van der Waals surface area (Å²) >= 11 is 0. The standard InChI is InChI=1S/C40H62N2/c1-4-6-8-10-12-14-15-17-25-31-38(39-41-32-34-42(39)33-26-18-16-13-11-9-7-5-2)40(3,37-29-23-20-24-30-37)35-36-27-21-19-22-28-36/h19-24,27-30,32,34,38H,4-18,25-26,31,33,35H2,1-3H3/p+1.